The number of hydrogen-bond acceptors (Lipinski definition) is 2. The summed E-state index contributed by atoms with van der Waals surface area (Å²) in [5, 5.41) is 3.31. The molecular formula is C10H13ClN2. The lowest BCUT2D eigenvalue weighted by Gasteiger charge is -2.22. The molecule has 0 amide bonds. The highest BCUT2D eigenvalue weighted by Crippen LogP contribution is 2.33. The number of anilines is 2. The lowest BCUT2D eigenvalue weighted by molar-refractivity contribution is 0.759. The molecule has 1 aromatic carbocycles. The van der Waals surface area contributed by atoms with Gasteiger partial charge < -0.3 is 10.2 Å². The molecule has 0 fully saturated rings. The second kappa shape index (κ2) is 3.46. The van der Waals surface area contributed by atoms with Crippen LogP contribution in [0.5, 0.6) is 0 Å². The van der Waals surface area contributed by atoms with Crippen LogP contribution in [0.3, 0.4) is 0 Å². The fourth-order valence-corrected chi connectivity index (χ4v) is 1.77. The van der Waals surface area contributed by atoms with Crippen molar-refractivity contribution in [1.29, 1.82) is 0 Å². The van der Waals surface area contributed by atoms with Crippen LogP contribution in [0.15, 0.2) is 24.3 Å². The highest BCUT2D eigenvalue weighted by Gasteiger charge is 2.22. The summed E-state index contributed by atoms with van der Waals surface area (Å²) in [4.78, 5) is 2.18. The second-order valence-electron chi connectivity index (χ2n) is 3.16. The topological polar surface area (TPSA) is 15.3 Å². The van der Waals surface area contributed by atoms with E-state index in [0.717, 1.165) is 13.1 Å². The number of benzene rings is 1. The Bertz CT molecular complexity index is 301. The maximum Gasteiger partial charge on any atom is 0.105 e. The summed E-state index contributed by atoms with van der Waals surface area (Å²) in [7, 11) is 0. The molecule has 13 heavy (non-hydrogen) atoms. The van der Waals surface area contributed by atoms with E-state index in [2.05, 4.69) is 29.3 Å². The van der Waals surface area contributed by atoms with Gasteiger partial charge in [-0.1, -0.05) is 30.7 Å². The third-order valence-electron chi connectivity index (χ3n) is 2.33. The number of hydrogen-bond donors (Lipinski definition) is 1. The minimum absolute atomic E-state index is 0.0937. The Kier molecular flexibility index (Phi) is 2.32. The molecule has 0 spiro atoms. The van der Waals surface area contributed by atoms with Crippen molar-refractivity contribution in [1.82, 2.24) is 0 Å². The molecule has 1 aliphatic rings. The van der Waals surface area contributed by atoms with Crippen molar-refractivity contribution in [2.24, 2.45) is 0 Å². The number of fused-ring (bicyclic) bond motifs is 1. The molecule has 0 saturated heterocycles. The van der Waals surface area contributed by atoms with Crippen molar-refractivity contribution >= 4 is 23.0 Å². The molecule has 0 aliphatic carbocycles. The number of halogens is 1. The van der Waals surface area contributed by atoms with Gasteiger partial charge in [-0.3, -0.25) is 0 Å². The normalized spacial score (nSPS) is 16.6. The fraction of sp³-hybridized carbons (Fsp3) is 0.400. The van der Waals surface area contributed by atoms with E-state index in [9.17, 15) is 0 Å². The van der Waals surface area contributed by atoms with E-state index in [0.29, 0.717) is 0 Å². The molecule has 1 heterocycles. The Morgan fingerprint density at radius 2 is 2.31 bits per heavy atom. The van der Waals surface area contributed by atoms with E-state index in [4.69, 9.17) is 11.6 Å². The van der Waals surface area contributed by atoms with Crippen LogP contribution >= 0.6 is 11.6 Å². The van der Waals surface area contributed by atoms with Crippen molar-refractivity contribution in [2.75, 3.05) is 16.9 Å². The second-order valence-corrected chi connectivity index (χ2v) is 3.67. The van der Waals surface area contributed by atoms with E-state index >= 15 is 0 Å². The van der Waals surface area contributed by atoms with Gasteiger partial charge in [0.2, 0.25) is 0 Å². The number of alkyl halides is 1. The Hall–Kier alpha value is -0.890. The molecule has 1 unspecified atom stereocenters. The summed E-state index contributed by atoms with van der Waals surface area (Å²) in [6.07, 6.45) is 0.956. The van der Waals surface area contributed by atoms with Gasteiger partial charge in [-0.25, -0.2) is 0 Å². The fourth-order valence-electron chi connectivity index (χ4n) is 1.60. The lowest BCUT2D eigenvalue weighted by atomic mass is 10.2. The first-order valence-electron chi connectivity index (χ1n) is 4.56. The number of rotatable bonds is 2. The van der Waals surface area contributed by atoms with Crippen LogP contribution in [-0.4, -0.2) is 12.2 Å². The van der Waals surface area contributed by atoms with Crippen molar-refractivity contribution < 1.29 is 0 Å². The molecular weight excluding hydrogens is 184 g/mol. The zero-order valence-corrected chi connectivity index (χ0v) is 8.38. The largest absolute Gasteiger partial charge is 0.366 e. The highest BCUT2D eigenvalue weighted by molar-refractivity contribution is 6.22. The maximum absolute atomic E-state index is 6.19. The van der Waals surface area contributed by atoms with Gasteiger partial charge in [0.15, 0.2) is 0 Å². The van der Waals surface area contributed by atoms with Crippen LogP contribution in [0.2, 0.25) is 0 Å². The highest BCUT2D eigenvalue weighted by atomic mass is 35.5. The molecule has 0 bridgehead atoms. The van der Waals surface area contributed by atoms with Gasteiger partial charge >= 0.3 is 0 Å². The lowest BCUT2D eigenvalue weighted by Crippen LogP contribution is -2.30. The zero-order chi connectivity index (χ0) is 9.26. The van der Waals surface area contributed by atoms with Crippen LogP contribution in [0, 0.1) is 0 Å². The van der Waals surface area contributed by atoms with Gasteiger partial charge in [-0.2, -0.15) is 0 Å². The van der Waals surface area contributed by atoms with E-state index in [1.807, 2.05) is 12.1 Å². The molecule has 0 saturated carbocycles. The average Bonchev–Trinajstić information content (AvgIpc) is 2.60. The predicted molar refractivity (Wildman–Crippen MR) is 57.3 cm³/mol. The first kappa shape index (κ1) is 8.70. The molecule has 1 N–H and O–H groups in total. The summed E-state index contributed by atoms with van der Waals surface area (Å²) >= 11 is 6.19. The van der Waals surface area contributed by atoms with Crippen LogP contribution in [-0.2, 0) is 0 Å². The van der Waals surface area contributed by atoms with E-state index in [1.54, 1.807) is 0 Å². The third kappa shape index (κ3) is 1.46. The Balaban J connectivity index is 2.28. The van der Waals surface area contributed by atoms with Crippen LogP contribution < -0.4 is 10.2 Å². The third-order valence-corrected chi connectivity index (χ3v) is 2.87. The molecule has 3 heteroatoms. The molecule has 1 aliphatic heterocycles. The van der Waals surface area contributed by atoms with Crippen molar-refractivity contribution in [3.63, 3.8) is 0 Å². The van der Waals surface area contributed by atoms with Gasteiger partial charge in [0.05, 0.1) is 18.0 Å². The van der Waals surface area contributed by atoms with Crippen molar-refractivity contribution in [2.45, 2.75) is 18.8 Å². The first-order chi connectivity index (χ1) is 6.33. The minimum atomic E-state index is 0.0937. The smallest absolute Gasteiger partial charge is 0.105 e. The van der Waals surface area contributed by atoms with Gasteiger partial charge in [0.1, 0.15) is 5.50 Å². The van der Waals surface area contributed by atoms with Crippen LogP contribution in [0.25, 0.3) is 0 Å². The minimum Gasteiger partial charge on any atom is -0.366 e. The monoisotopic (exact) mass is 196 g/mol. The van der Waals surface area contributed by atoms with Crippen molar-refractivity contribution in [3.05, 3.63) is 24.3 Å². The van der Waals surface area contributed by atoms with Crippen LogP contribution in [0.4, 0.5) is 11.4 Å². The zero-order valence-electron chi connectivity index (χ0n) is 7.63. The predicted octanol–water partition coefficient (Wildman–Crippen LogP) is 2.85. The number of para-hydroxylation sites is 2. The quantitative estimate of drug-likeness (QED) is 0.578. The molecule has 0 aromatic heterocycles. The summed E-state index contributed by atoms with van der Waals surface area (Å²) < 4.78 is 0. The average molecular weight is 197 g/mol. The maximum atomic E-state index is 6.19. The SMILES string of the molecule is CCC(Cl)N1CNc2ccccc21. The van der Waals surface area contributed by atoms with Crippen LogP contribution in [0.1, 0.15) is 13.3 Å². The summed E-state index contributed by atoms with van der Waals surface area (Å²) in [6, 6.07) is 8.25. The summed E-state index contributed by atoms with van der Waals surface area (Å²) in [6.45, 7) is 2.92. The Morgan fingerprint density at radius 1 is 1.54 bits per heavy atom. The van der Waals surface area contributed by atoms with Gasteiger partial charge in [-0.05, 0) is 18.6 Å². The van der Waals surface area contributed by atoms with E-state index in [1.165, 1.54) is 11.4 Å². The van der Waals surface area contributed by atoms with Gasteiger partial charge in [-0.15, -0.1) is 0 Å². The standard InChI is InChI=1S/C10H13ClN2/c1-2-10(11)13-7-12-8-5-3-4-6-9(8)13/h3-6,10,12H,2,7H2,1H3. The summed E-state index contributed by atoms with van der Waals surface area (Å²) in [5.74, 6) is 0. The van der Waals surface area contributed by atoms with Gasteiger partial charge in [0.25, 0.3) is 0 Å². The molecule has 1 aromatic rings. The van der Waals surface area contributed by atoms with Gasteiger partial charge in [0, 0.05) is 0 Å². The molecule has 2 nitrogen and oxygen atoms in total. The van der Waals surface area contributed by atoms with E-state index < -0.39 is 0 Å². The molecule has 0 radical (unpaired) electrons. The molecule has 1 atom stereocenters. The van der Waals surface area contributed by atoms with E-state index in [-0.39, 0.29) is 5.50 Å². The van der Waals surface area contributed by atoms with Crippen molar-refractivity contribution in [3.8, 4) is 0 Å². The Morgan fingerprint density at radius 3 is 3.08 bits per heavy atom. The number of nitrogens with one attached hydrogen (secondary N) is 1. The molecule has 2 rings (SSSR count). The molecule has 70 valence electrons. The first-order valence-corrected chi connectivity index (χ1v) is 5.00. The number of nitrogens with zero attached hydrogens (tertiary/aromatic N) is 1. The summed E-state index contributed by atoms with van der Waals surface area (Å²) in [5.41, 5.74) is 2.49. The Labute approximate surface area is 83.5 Å².